The Bertz CT molecular complexity index is 755. The lowest BCUT2D eigenvalue weighted by Crippen LogP contribution is -2.03. The fourth-order valence-corrected chi connectivity index (χ4v) is 2.04. The molecule has 0 aliphatic rings. The fourth-order valence-electron chi connectivity index (χ4n) is 2.04. The summed E-state index contributed by atoms with van der Waals surface area (Å²) in [6.07, 6.45) is 0. The van der Waals surface area contributed by atoms with Gasteiger partial charge in [-0.3, -0.25) is 0 Å². The molecule has 3 N–H and O–H groups in total. The predicted molar refractivity (Wildman–Crippen MR) is 72.6 cm³/mol. The molecule has 3 rings (SSSR count). The molecule has 0 amide bonds. The van der Waals surface area contributed by atoms with E-state index in [4.69, 9.17) is 5.73 Å². The van der Waals surface area contributed by atoms with Gasteiger partial charge in [0.15, 0.2) is 0 Å². The van der Waals surface area contributed by atoms with Crippen molar-refractivity contribution in [1.82, 2.24) is 9.97 Å². The van der Waals surface area contributed by atoms with Crippen LogP contribution in [-0.4, -0.2) is 16.6 Å². The Labute approximate surface area is 113 Å². The van der Waals surface area contributed by atoms with Crippen molar-refractivity contribution < 1.29 is 13.5 Å². The Morgan fingerprint density at radius 2 is 1.90 bits per heavy atom. The molecule has 2 aromatic carbocycles. The van der Waals surface area contributed by atoms with Crippen molar-refractivity contribution in [3.8, 4) is 17.1 Å². The average molecular weight is 275 g/mol. The van der Waals surface area contributed by atoms with E-state index in [0.29, 0.717) is 22.6 Å². The predicted octanol–water partition coefficient (Wildman–Crippen LogP) is 3.41. The molecule has 1 heterocycles. The van der Waals surface area contributed by atoms with E-state index >= 15 is 0 Å². The van der Waals surface area contributed by atoms with Gasteiger partial charge in [-0.1, -0.05) is 18.2 Å². The van der Waals surface area contributed by atoms with Crippen LogP contribution in [0.15, 0.2) is 42.5 Å². The maximum absolute atomic E-state index is 12.4. The summed E-state index contributed by atoms with van der Waals surface area (Å²) >= 11 is 0. The van der Waals surface area contributed by atoms with Gasteiger partial charge >= 0.3 is 6.61 Å². The first-order valence-corrected chi connectivity index (χ1v) is 5.93. The zero-order chi connectivity index (χ0) is 14.1. The van der Waals surface area contributed by atoms with Crippen molar-refractivity contribution >= 4 is 16.7 Å². The van der Waals surface area contributed by atoms with Gasteiger partial charge in [0.2, 0.25) is 0 Å². The van der Waals surface area contributed by atoms with Crippen LogP contribution in [-0.2, 0) is 0 Å². The number of imidazole rings is 1. The number of aromatic nitrogens is 2. The molecule has 0 bridgehead atoms. The van der Waals surface area contributed by atoms with E-state index < -0.39 is 6.61 Å². The van der Waals surface area contributed by atoms with Crippen LogP contribution in [0.5, 0.6) is 5.75 Å². The number of anilines is 1. The van der Waals surface area contributed by atoms with Gasteiger partial charge in [0.05, 0.1) is 16.8 Å². The maximum Gasteiger partial charge on any atom is 0.387 e. The number of ether oxygens (including phenoxy) is 1. The van der Waals surface area contributed by atoms with Gasteiger partial charge in [-0.15, -0.1) is 0 Å². The van der Waals surface area contributed by atoms with Crippen LogP contribution < -0.4 is 10.5 Å². The zero-order valence-corrected chi connectivity index (χ0v) is 10.3. The Morgan fingerprint density at radius 3 is 2.65 bits per heavy atom. The first-order chi connectivity index (χ1) is 9.65. The summed E-state index contributed by atoms with van der Waals surface area (Å²) in [6.45, 7) is -2.88. The smallest absolute Gasteiger partial charge is 0.387 e. The molecular formula is C14H11F2N3O. The fraction of sp³-hybridized carbons (Fsp3) is 0.0714. The minimum Gasteiger partial charge on any atom is -0.434 e. The number of rotatable bonds is 3. The standard InChI is InChI=1S/C14H11F2N3O/c15-14(16)20-11-7-2-1-4-8(11)13-18-10-6-3-5-9(17)12(10)19-13/h1-7,14H,17H2,(H,18,19). The summed E-state index contributed by atoms with van der Waals surface area (Å²) in [6, 6.07) is 11.8. The summed E-state index contributed by atoms with van der Waals surface area (Å²) in [5.41, 5.74) is 8.17. The van der Waals surface area contributed by atoms with E-state index in [-0.39, 0.29) is 5.75 Å². The van der Waals surface area contributed by atoms with E-state index in [1.165, 1.54) is 6.07 Å². The van der Waals surface area contributed by atoms with Crippen LogP contribution in [0.3, 0.4) is 0 Å². The number of nitrogens with one attached hydrogen (secondary N) is 1. The SMILES string of the molecule is Nc1cccc2[nH]c(-c3ccccc3OC(F)F)nc12. The number of H-pyrrole nitrogens is 1. The lowest BCUT2D eigenvalue weighted by molar-refractivity contribution is -0.0494. The number of halogens is 2. The number of benzene rings is 2. The molecule has 0 aliphatic heterocycles. The van der Waals surface area contributed by atoms with Crippen LogP contribution >= 0.6 is 0 Å². The number of hydrogen-bond donors (Lipinski definition) is 2. The van der Waals surface area contributed by atoms with E-state index in [1.807, 2.05) is 6.07 Å². The number of fused-ring (bicyclic) bond motifs is 1. The second-order valence-electron chi connectivity index (χ2n) is 4.20. The number of para-hydroxylation sites is 2. The van der Waals surface area contributed by atoms with Crippen molar-refractivity contribution in [3.05, 3.63) is 42.5 Å². The molecule has 0 spiro atoms. The van der Waals surface area contributed by atoms with Crippen molar-refractivity contribution in [2.45, 2.75) is 6.61 Å². The number of aromatic amines is 1. The summed E-state index contributed by atoms with van der Waals surface area (Å²) in [5.74, 6) is 0.509. The third kappa shape index (κ3) is 2.16. The number of nitrogen functional groups attached to an aromatic ring is 1. The first kappa shape index (κ1) is 12.4. The molecule has 0 aliphatic carbocycles. The molecule has 1 aromatic heterocycles. The van der Waals surface area contributed by atoms with Gasteiger partial charge in [0.1, 0.15) is 17.1 Å². The van der Waals surface area contributed by atoms with Crippen LogP contribution in [0.2, 0.25) is 0 Å². The van der Waals surface area contributed by atoms with E-state index in [1.54, 1.807) is 30.3 Å². The van der Waals surface area contributed by atoms with Gasteiger partial charge in [0.25, 0.3) is 0 Å². The van der Waals surface area contributed by atoms with Crippen LogP contribution in [0.25, 0.3) is 22.4 Å². The first-order valence-electron chi connectivity index (χ1n) is 5.93. The highest BCUT2D eigenvalue weighted by Gasteiger charge is 2.14. The number of alkyl halides is 2. The van der Waals surface area contributed by atoms with Crippen molar-refractivity contribution in [2.75, 3.05) is 5.73 Å². The zero-order valence-electron chi connectivity index (χ0n) is 10.3. The Hall–Kier alpha value is -2.63. The van der Waals surface area contributed by atoms with Gasteiger partial charge in [0, 0.05) is 0 Å². The van der Waals surface area contributed by atoms with Gasteiger partial charge < -0.3 is 15.5 Å². The molecule has 0 atom stereocenters. The quantitative estimate of drug-likeness (QED) is 0.720. The Morgan fingerprint density at radius 1 is 1.10 bits per heavy atom. The Balaban J connectivity index is 2.13. The van der Waals surface area contributed by atoms with Crippen molar-refractivity contribution in [2.24, 2.45) is 0 Å². The molecule has 6 heteroatoms. The largest absolute Gasteiger partial charge is 0.434 e. The third-order valence-corrected chi connectivity index (χ3v) is 2.90. The molecule has 0 fully saturated rings. The van der Waals surface area contributed by atoms with E-state index in [0.717, 1.165) is 5.52 Å². The number of nitrogens with two attached hydrogens (primary N) is 1. The molecule has 0 saturated heterocycles. The highest BCUT2D eigenvalue weighted by atomic mass is 19.3. The molecule has 4 nitrogen and oxygen atoms in total. The lowest BCUT2D eigenvalue weighted by atomic mass is 10.2. The van der Waals surface area contributed by atoms with Crippen LogP contribution in [0.1, 0.15) is 0 Å². The minimum absolute atomic E-state index is 0.0696. The van der Waals surface area contributed by atoms with Gasteiger partial charge in [-0.05, 0) is 24.3 Å². The molecule has 0 unspecified atom stereocenters. The average Bonchev–Trinajstić information content (AvgIpc) is 2.84. The van der Waals surface area contributed by atoms with Gasteiger partial charge in [-0.25, -0.2) is 4.98 Å². The summed E-state index contributed by atoms with van der Waals surface area (Å²) in [5, 5.41) is 0. The molecule has 0 saturated carbocycles. The monoisotopic (exact) mass is 275 g/mol. The van der Waals surface area contributed by atoms with Gasteiger partial charge in [-0.2, -0.15) is 8.78 Å². The second-order valence-corrected chi connectivity index (χ2v) is 4.20. The summed E-state index contributed by atoms with van der Waals surface area (Å²) < 4.78 is 29.3. The topological polar surface area (TPSA) is 63.9 Å². The van der Waals surface area contributed by atoms with E-state index in [2.05, 4.69) is 14.7 Å². The summed E-state index contributed by atoms with van der Waals surface area (Å²) in [4.78, 5) is 7.40. The van der Waals surface area contributed by atoms with Crippen molar-refractivity contribution in [1.29, 1.82) is 0 Å². The highest BCUT2D eigenvalue weighted by molar-refractivity contribution is 5.89. The third-order valence-electron chi connectivity index (χ3n) is 2.90. The van der Waals surface area contributed by atoms with Crippen molar-refractivity contribution in [3.63, 3.8) is 0 Å². The van der Waals surface area contributed by atoms with Crippen LogP contribution in [0, 0.1) is 0 Å². The highest BCUT2D eigenvalue weighted by Crippen LogP contribution is 2.31. The minimum atomic E-state index is -2.88. The van der Waals surface area contributed by atoms with E-state index in [9.17, 15) is 8.78 Å². The summed E-state index contributed by atoms with van der Waals surface area (Å²) in [7, 11) is 0. The number of hydrogen-bond acceptors (Lipinski definition) is 3. The van der Waals surface area contributed by atoms with Crippen LogP contribution in [0.4, 0.5) is 14.5 Å². The molecule has 20 heavy (non-hydrogen) atoms. The maximum atomic E-state index is 12.4. The number of nitrogens with zero attached hydrogens (tertiary/aromatic N) is 1. The molecule has 3 aromatic rings. The molecule has 102 valence electrons. The molecule has 0 radical (unpaired) electrons. The normalized spacial score (nSPS) is 11.2. The lowest BCUT2D eigenvalue weighted by Gasteiger charge is -2.08. The molecular weight excluding hydrogens is 264 g/mol. The second kappa shape index (κ2) is 4.80. The Kier molecular flexibility index (Phi) is 2.98.